The number of aryl methyl sites for hydroxylation is 1. The molecule has 2 aromatic heterocycles. The molecule has 0 aliphatic rings. The SMILES string of the molecule is CC(C)(C)CCn1c(N)nc2cc(Br)cnc21. The molecule has 0 fully saturated rings. The van der Waals surface area contributed by atoms with Gasteiger partial charge >= 0.3 is 0 Å². The van der Waals surface area contributed by atoms with E-state index >= 15 is 0 Å². The first kappa shape index (κ1) is 12.4. The molecule has 0 aliphatic carbocycles. The van der Waals surface area contributed by atoms with Crippen LogP contribution >= 0.6 is 15.9 Å². The number of anilines is 1. The Balaban J connectivity index is 2.36. The molecule has 0 spiro atoms. The first-order valence-corrected chi connectivity index (χ1v) is 6.43. The van der Waals surface area contributed by atoms with E-state index in [0.29, 0.717) is 5.95 Å². The number of pyridine rings is 1. The van der Waals surface area contributed by atoms with Crippen LogP contribution in [-0.4, -0.2) is 14.5 Å². The van der Waals surface area contributed by atoms with Gasteiger partial charge in [0.05, 0.1) is 0 Å². The standard InChI is InChI=1S/C12H17BrN4/c1-12(2,3)4-5-17-10-9(16-11(17)14)6-8(13)7-15-10/h6-7H,4-5H2,1-3H3,(H2,14,16). The first-order chi connectivity index (χ1) is 7.87. The molecule has 0 aliphatic heterocycles. The number of imidazole rings is 1. The third-order valence-corrected chi connectivity index (χ3v) is 3.10. The molecule has 0 aromatic carbocycles. The van der Waals surface area contributed by atoms with E-state index in [1.165, 1.54) is 0 Å². The maximum absolute atomic E-state index is 5.93. The fourth-order valence-corrected chi connectivity index (χ4v) is 1.99. The number of halogens is 1. The van der Waals surface area contributed by atoms with Crippen molar-refractivity contribution in [1.82, 2.24) is 14.5 Å². The van der Waals surface area contributed by atoms with Crippen LogP contribution in [0.1, 0.15) is 27.2 Å². The number of nitrogen functional groups attached to an aromatic ring is 1. The van der Waals surface area contributed by atoms with Gasteiger partial charge in [-0.25, -0.2) is 9.97 Å². The van der Waals surface area contributed by atoms with E-state index in [1.807, 2.05) is 10.6 Å². The summed E-state index contributed by atoms with van der Waals surface area (Å²) in [5.41, 5.74) is 7.90. The Morgan fingerprint density at radius 3 is 2.76 bits per heavy atom. The summed E-state index contributed by atoms with van der Waals surface area (Å²) in [6, 6.07) is 1.94. The molecule has 5 heteroatoms. The maximum Gasteiger partial charge on any atom is 0.202 e. The molecule has 0 saturated carbocycles. The molecule has 0 bridgehead atoms. The van der Waals surface area contributed by atoms with Crippen LogP contribution in [0.3, 0.4) is 0 Å². The predicted molar refractivity (Wildman–Crippen MR) is 73.7 cm³/mol. The highest BCUT2D eigenvalue weighted by molar-refractivity contribution is 9.10. The number of rotatable bonds is 2. The van der Waals surface area contributed by atoms with Crippen molar-refractivity contribution in [3.63, 3.8) is 0 Å². The second-order valence-corrected chi connectivity index (χ2v) is 6.34. The number of fused-ring (bicyclic) bond motifs is 1. The van der Waals surface area contributed by atoms with E-state index in [4.69, 9.17) is 5.73 Å². The average molecular weight is 297 g/mol. The molecular formula is C12H17BrN4. The lowest BCUT2D eigenvalue weighted by molar-refractivity contribution is 0.353. The largest absolute Gasteiger partial charge is 0.369 e. The fourth-order valence-electron chi connectivity index (χ4n) is 1.67. The van der Waals surface area contributed by atoms with Gasteiger partial charge in [-0.05, 0) is 33.8 Å². The van der Waals surface area contributed by atoms with Crippen molar-refractivity contribution < 1.29 is 0 Å². The first-order valence-electron chi connectivity index (χ1n) is 5.64. The molecule has 2 rings (SSSR count). The van der Waals surface area contributed by atoms with E-state index in [9.17, 15) is 0 Å². The Hall–Kier alpha value is -1.10. The molecule has 2 aromatic rings. The van der Waals surface area contributed by atoms with Gasteiger partial charge in [0, 0.05) is 17.2 Å². The summed E-state index contributed by atoms with van der Waals surface area (Å²) in [6.07, 6.45) is 2.82. The third kappa shape index (κ3) is 2.77. The van der Waals surface area contributed by atoms with Crippen LogP contribution in [0.2, 0.25) is 0 Å². The second-order valence-electron chi connectivity index (χ2n) is 5.43. The molecule has 0 unspecified atom stereocenters. The van der Waals surface area contributed by atoms with Crippen molar-refractivity contribution in [2.24, 2.45) is 5.41 Å². The van der Waals surface area contributed by atoms with Gasteiger partial charge in [-0.1, -0.05) is 20.8 Å². The zero-order valence-electron chi connectivity index (χ0n) is 10.4. The molecule has 0 radical (unpaired) electrons. The van der Waals surface area contributed by atoms with Crippen molar-refractivity contribution in [2.45, 2.75) is 33.7 Å². The van der Waals surface area contributed by atoms with Gasteiger partial charge in [-0.3, -0.25) is 4.57 Å². The van der Waals surface area contributed by atoms with Crippen LogP contribution in [-0.2, 0) is 6.54 Å². The lowest BCUT2D eigenvalue weighted by Crippen LogP contribution is -2.12. The van der Waals surface area contributed by atoms with Crippen LogP contribution in [0.4, 0.5) is 5.95 Å². The van der Waals surface area contributed by atoms with E-state index in [2.05, 4.69) is 46.7 Å². The predicted octanol–water partition coefficient (Wildman–Crippen LogP) is 3.21. The summed E-state index contributed by atoms with van der Waals surface area (Å²) < 4.78 is 2.90. The Bertz CT molecular complexity index is 539. The molecule has 0 amide bonds. The van der Waals surface area contributed by atoms with Crippen molar-refractivity contribution in [1.29, 1.82) is 0 Å². The van der Waals surface area contributed by atoms with E-state index in [-0.39, 0.29) is 5.41 Å². The monoisotopic (exact) mass is 296 g/mol. The minimum absolute atomic E-state index is 0.276. The van der Waals surface area contributed by atoms with Gasteiger partial charge in [0.2, 0.25) is 5.95 Å². The van der Waals surface area contributed by atoms with Crippen LogP contribution in [0.5, 0.6) is 0 Å². The van der Waals surface area contributed by atoms with E-state index in [1.54, 1.807) is 6.20 Å². The number of nitrogens with two attached hydrogens (primary N) is 1. The van der Waals surface area contributed by atoms with Crippen molar-refractivity contribution >= 4 is 33.0 Å². The van der Waals surface area contributed by atoms with Crippen LogP contribution in [0.25, 0.3) is 11.2 Å². The highest BCUT2D eigenvalue weighted by atomic mass is 79.9. The summed E-state index contributed by atoms with van der Waals surface area (Å²) in [6.45, 7) is 7.49. The van der Waals surface area contributed by atoms with Gasteiger partial charge in [-0.2, -0.15) is 0 Å². The number of nitrogens with zero attached hydrogens (tertiary/aromatic N) is 3. The molecule has 92 valence electrons. The number of hydrogen-bond donors (Lipinski definition) is 1. The zero-order chi connectivity index (χ0) is 12.6. The van der Waals surface area contributed by atoms with Gasteiger partial charge < -0.3 is 5.73 Å². The zero-order valence-corrected chi connectivity index (χ0v) is 12.0. The van der Waals surface area contributed by atoms with Crippen LogP contribution < -0.4 is 5.73 Å². The average Bonchev–Trinajstić information content (AvgIpc) is 2.48. The van der Waals surface area contributed by atoms with E-state index < -0.39 is 0 Å². The number of aromatic nitrogens is 3. The summed E-state index contributed by atoms with van der Waals surface area (Å²) in [5.74, 6) is 0.537. The van der Waals surface area contributed by atoms with Gasteiger partial charge in [0.25, 0.3) is 0 Å². The number of hydrogen-bond acceptors (Lipinski definition) is 3. The summed E-state index contributed by atoms with van der Waals surface area (Å²) in [7, 11) is 0. The second kappa shape index (κ2) is 4.29. The van der Waals surface area contributed by atoms with Gasteiger partial charge in [0.1, 0.15) is 5.52 Å². The molecular weight excluding hydrogens is 280 g/mol. The Kier molecular flexibility index (Phi) is 3.12. The normalized spacial score (nSPS) is 12.2. The van der Waals surface area contributed by atoms with Crippen LogP contribution in [0.15, 0.2) is 16.7 Å². The Morgan fingerprint density at radius 2 is 2.12 bits per heavy atom. The lowest BCUT2D eigenvalue weighted by atomic mass is 9.92. The molecule has 0 saturated heterocycles. The highest BCUT2D eigenvalue weighted by Crippen LogP contribution is 2.24. The minimum atomic E-state index is 0.276. The molecule has 4 nitrogen and oxygen atoms in total. The molecule has 2 N–H and O–H groups in total. The Labute approximate surface area is 109 Å². The Morgan fingerprint density at radius 1 is 1.41 bits per heavy atom. The molecule has 17 heavy (non-hydrogen) atoms. The topological polar surface area (TPSA) is 56.7 Å². The molecule has 2 heterocycles. The smallest absolute Gasteiger partial charge is 0.202 e. The minimum Gasteiger partial charge on any atom is -0.369 e. The summed E-state index contributed by atoms with van der Waals surface area (Å²) in [4.78, 5) is 8.70. The van der Waals surface area contributed by atoms with Gasteiger partial charge in [0.15, 0.2) is 5.65 Å². The van der Waals surface area contributed by atoms with Gasteiger partial charge in [-0.15, -0.1) is 0 Å². The van der Waals surface area contributed by atoms with Crippen molar-refractivity contribution in [2.75, 3.05) is 5.73 Å². The van der Waals surface area contributed by atoms with Crippen LogP contribution in [0, 0.1) is 5.41 Å². The summed E-state index contributed by atoms with van der Waals surface area (Å²) in [5, 5.41) is 0. The molecule has 0 atom stereocenters. The maximum atomic E-state index is 5.93. The lowest BCUT2D eigenvalue weighted by Gasteiger charge is -2.18. The van der Waals surface area contributed by atoms with Crippen molar-refractivity contribution in [3.05, 3.63) is 16.7 Å². The third-order valence-electron chi connectivity index (χ3n) is 2.67. The van der Waals surface area contributed by atoms with Crippen molar-refractivity contribution in [3.8, 4) is 0 Å². The van der Waals surface area contributed by atoms with E-state index in [0.717, 1.165) is 28.6 Å². The highest BCUT2D eigenvalue weighted by Gasteiger charge is 2.14. The fraction of sp³-hybridized carbons (Fsp3) is 0.500. The summed E-state index contributed by atoms with van der Waals surface area (Å²) >= 11 is 3.38. The quantitative estimate of drug-likeness (QED) is 0.926.